The zero-order valence-corrected chi connectivity index (χ0v) is 14.7. The molecule has 3 N–H and O–H groups in total. The second-order valence-corrected chi connectivity index (χ2v) is 5.61. The van der Waals surface area contributed by atoms with Gasteiger partial charge in [-0.25, -0.2) is 5.48 Å². The Morgan fingerprint density at radius 3 is 2.37 bits per heavy atom. The predicted octanol–water partition coefficient (Wildman–Crippen LogP) is 1.72. The number of hydroxylamine groups is 1. The molecule has 0 aromatic heterocycles. The highest BCUT2D eigenvalue weighted by Crippen LogP contribution is 2.12. The smallest absolute Gasteiger partial charge is 0.274 e. The summed E-state index contributed by atoms with van der Waals surface area (Å²) < 4.78 is 5.57. The standard InChI is InChI=1S/C20H22N2O5/c23-14-12-22(19(24)11-6-16-4-2-1-3-5-16)13-15-27-18-9-7-17(8-10-18)20(25)21-26/h1-11,23,26H,12-15H2,(H,21,25). The first-order valence-electron chi connectivity index (χ1n) is 8.44. The summed E-state index contributed by atoms with van der Waals surface area (Å²) in [5.74, 6) is -0.293. The molecule has 0 aliphatic rings. The van der Waals surface area contributed by atoms with Gasteiger partial charge in [0.2, 0.25) is 5.91 Å². The number of hydrogen-bond donors (Lipinski definition) is 3. The first-order valence-corrected chi connectivity index (χ1v) is 8.44. The largest absolute Gasteiger partial charge is 0.492 e. The third kappa shape index (κ3) is 6.58. The summed E-state index contributed by atoms with van der Waals surface area (Å²) in [6.07, 6.45) is 3.19. The van der Waals surface area contributed by atoms with Crippen LogP contribution >= 0.6 is 0 Å². The van der Waals surface area contributed by atoms with E-state index >= 15 is 0 Å². The van der Waals surface area contributed by atoms with Crippen molar-refractivity contribution in [3.05, 3.63) is 71.8 Å². The summed E-state index contributed by atoms with van der Waals surface area (Å²) in [6.45, 7) is 0.598. The van der Waals surface area contributed by atoms with Gasteiger partial charge in [-0.15, -0.1) is 0 Å². The first-order chi connectivity index (χ1) is 13.1. The van der Waals surface area contributed by atoms with Crippen molar-refractivity contribution in [2.24, 2.45) is 0 Å². The zero-order valence-electron chi connectivity index (χ0n) is 14.7. The molecular weight excluding hydrogens is 348 g/mol. The molecular formula is C20H22N2O5. The van der Waals surface area contributed by atoms with Crippen molar-refractivity contribution in [3.8, 4) is 5.75 Å². The van der Waals surface area contributed by atoms with Gasteiger partial charge in [-0.1, -0.05) is 30.3 Å². The van der Waals surface area contributed by atoms with Gasteiger partial charge >= 0.3 is 0 Å². The number of hydrogen-bond acceptors (Lipinski definition) is 5. The van der Waals surface area contributed by atoms with E-state index in [0.717, 1.165) is 5.56 Å². The van der Waals surface area contributed by atoms with Gasteiger partial charge in [0.25, 0.3) is 5.91 Å². The fraction of sp³-hybridized carbons (Fsp3) is 0.200. The second-order valence-electron chi connectivity index (χ2n) is 5.61. The third-order valence-electron chi connectivity index (χ3n) is 3.75. The highest BCUT2D eigenvalue weighted by molar-refractivity contribution is 5.93. The van der Waals surface area contributed by atoms with Gasteiger partial charge in [-0.3, -0.25) is 14.8 Å². The molecule has 2 amide bonds. The molecule has 2 aromatic carbocycles. The molecule has 7 nitrogen and oxygen atoms in total. The Morgan fingerprint density at radius 2 is 1.74 bits per heavy atom. The summed E-state index contributed by atoms with van der Waals surface area (Å²) in [6, 6.07) is 15.7. The van der Waals surface area contributed by atoms with Crippen LogP contribution in [0.25, 0.3) is 6.08 Å². The number of aliphatic hydroxyl groups is 1. The number of nitrogens with zero attached hydrogens (tertiary/aromatic N) is 1. The Morgan fingerprint density at radius 1 is 1.04 bits per heavy atom. The summed E-state index contributed by atoms with van der Waals surface area (Å²) in [5, 5.41) is 17.8. The number of carbonyl (C=O) groups excluding carboxylic acids is 2. The SMILES string of the molecule is O=C(NO)c1ccc(OCCN(CCO)C(=O)C=Cc2ccccc2)cc1. The number of amides is 2. The van der Waals surface area contributed by atoms with Gasteiger partial charge in [-0.2, -0.15) is 0 Å². The maximum absolute atomic E-state index is 12.3. The van der Waals surface area contributed by atoms with Crippen LogP contribution in [0.15, 0.2) is 60.7 Å². The monoisotopic (exact) mass is 370 g/mol. The Balaban J connectivity index is 1.87. The molecule has 7 heteroatoms. The number of rotatable bonds is 9. The molecule has 0 radical (unpaired) electrons. The van der Waals surface area contributed by atoms with Crippen molar-refractivity contribution in [1.29, 1.82) is 0 Å². The van der Waals surface area contributed by atoms with Crippen LogP contribution in [0.5, 0.6) is 5.75 Å². The molecule has 0 bridgehead atoms. The minimum absolute atomic E-state index is 0.143. The number of carbonyl (C=O) groups is 2. The maximum atomic E-state index is 12.3. The second kappa shape index (κ2) is 10.7. The summed E-state index contributed by atoms with van der Waals surface area (Å²) in [7, 11) is 0. The minimum atomic E-state index is -0.605. The van der Waals surface area contributed by atoms with E-state index in [1.54, 1.807) is 23.7 Å². The highest BCUT2D eigenvalue weighted by Gasteiger charge is 2.10. The summed E-state index contributed by atoms with van der Waals surface area (Å²) in [5.41, 5.74) is 2.77. The molecule has 27 heavy (non-hydrogen) atoms. The lowest BCUT2D eigenvalue weighted by atomic mass is 10.2. The van der Waals surface area contributed by atoms with E-state index in [2.05, 4.69) is 0 Å². The lowest BCUT2D eigenvalue weighted by Crippen LogP contribution is -2.35. The van der Waals surface area contributed by atoms with Crippen molar-refractivity contribution >= 4 is 17.9 Å². The molecule has 2 rings (SSSR count). The van der Waals surface area contributed by atoms with Gasteiger partial charge in [0.05, 0.1) is 13.2 Å². The van der Waals surface area contributed by atoms with Crippen LogP contribution in [-0.4, -0.2) is 53.3 Å². The molecule has 0 aliphatic heterocycles. The van der Waals surface area contributed by atoms with E-state index in [9.17, 15) is 14.7 Å². The molecule has 0 saturated heterocycles. The topological polar surface area (TPSA) is 99.1 Å². The van der Waals surface area contributed by atoms with Crippen LogP contribution in [0.3, 0.4) is 0 Å². The molecule has 0 atom stereocenters. The quantitative estimate of drug-likeness (QED) is 0.355. The van der Waals surface area contributed by atoms with Crippen LogP contribution in [0.1, 0.15) is 15.9 Å². The van der Waals surface area contributed by atoms with Gasteiger partial charge in [0, 0.05) is 18.2 Å². The van der Waals surface area contributed by atoms with Crippen molar-refractivity contribution < 1.29 is 24.6 Å². The van der Waals surface area contributed by atoms with Crippen LogP contribution in [0, 0.1) is 0 Å². The fourth-order valence-corrected chi connectivity index (χ4v) is 2.33. The van der Waals surface area contributed by atoms with Crippen LogP contribution in [0.4, 0.5) is 0 Å². The lowest BCUT2D eigenvalue weighted by Gasteiger charge is -2.20. The van der Waals surface area contributed by atoms with Gasteiger partial charge in [0.15, 0.2) is 0 Å². The van der Waals surface area contributed by atoms with Crippen molar-refractivity contribution in [2.45, 2.75) is 0 Å². The van der Waals surface area contributed by atoms with E-state index in [4.69, 9.17) is 9.94 Å². The lowest BCUT2D eigenvalue weighted by molar-refractivity contribution is -0.126. The normalized spacial score (nSPS) is 10.6. The molecule has 2 aromatic rings. The average Bonchev–Trinajstić information content (AvgIpc) is 2.72. The van der Waals surface area contributed by atoms with Gasteiger partial charge in [-0.05, 0) is 35.9 Å². The third-order valence-corrected chi connectivity index (χ3v) is 3.75. The van der Waals surface area contributed by atoms with Crippen molar-refractivity contribution in [2.75, 3.05) is 26.3 Å². The predicted molar refractivity (Wildman–Crippen MR) is 100 cm³/mol. The van der Waals surface area contributed by atoms with Crippen LogP contribution in [0.2, 0.25) is 0 Å². The molecule has 142 valence electrons. The Hall–Kier alpha value is -3.16. The van der Waals surface area contributed by atoms with Crippen LogP contribution < -0.4 is 10.2 Å². The molecule has 0 aliphatic carbocycles. The van der Waals surface area contributed by atoms with Gasteiger partial charge < -0.3 is 14.7 Å². The van der Waals surface area contributed by atoms with Crippen LogP contribution in [-0.2, 0) is 4.79 Å². The van der Waals surface area contributed by atoms with Gasteiger partial charge in [0.1, 0.15) is 12.4 Å². The molecule has 0 saturated carbocycles. The van der Waals surface area contributed by atoms with E-state index in [-0.39, 0.29) is 25.7 Å². The fourth-order valence-electron chi connectivity index (χ4n) is 2.33. The van der Waals surface area contributed by atoms with E-state index in [1.165, 1.54) is 23.1 Å². The average molecular weight is 370 g/mol. The maximum Gasteiger partial charge on any atom is 0.274 e. The van der Waals surface area contributed by atoms with E-state index in [0.29, 0.717) is 17.9 Å². The van der Waals surface area contributed by atoms with E-state index < -0.39 is 5.91 Å². The number of nitrogens with one attached hydrogen (secondary N) is 1. The number of benzene rings is 2. The van der Waals surface area contributed by atoms with E-state index in [1.807, 2.05) is 30.3 Å². The van der Waals surface area contributed by atoms with Crippen molar-refractivity contribution in [3.63, 3.8) is 0 Å². The Kier molecular flexibility index (Phi) is 8.02. The number of ether oxygens (including phenoxy) is 1. The first kappa shape index (κ1) is 20.2. The molecule has 0 unspecified atom stereocenters. The molecule has 0 heterocycles. The minimum Gasteiger partial charge on any atom is -0.492 e. The highest BCUT2D eigenvalue weighted by atomic mass is 16.5. The number of aliphatic hydroxyl groups excluding tert-OH is 1. The summed E-state index contributed by atoms with van der Waals surface area (Å²) >= 11 is 0. The van der Waals surface area contributed by atoms with Crippen molar-refractivity contribution in [1.82, 2.24) is 10.4 Å². The zero-order chi connectivity index (χ0) is 19.5. The molecule has 0 spiro atoms. The molecule has 0 fully saturated rings. The summed E-state index contributed by atoms with van der Waals surface area (Å²) in [4.78, 5) is 25.1. The Labute approximate surface area is 157 Å². The Bertz CT molecular complexity index is 760.